The molecule has 7 nitrogen and oxygen atoms in total. The summed E-state index contributed by atoms with van der Waals surface area (Å²) in [6, 6.07) is 10.6. The van der Waals surface area contributed by atoms with Crippen molar-refractivity contribution in [2.45, 2.75) is 84.0 Å². The second-order valence-corrected chi connectivity index (χ2v) is 10.5. The van der Waals surface area contributed by atoms with Crippen LogP contribution in [0.25, 0.3) is 10.9 Å². The van der Waals surface area contributed by atoms with Crippen LogP contribution in [-0.4, -0.2) is 51.8 Å². The number of rotatable bonds is 11. The van der Waals surface area contributed by atoms with Crippen molar-refractivity contribution in [3.63, 3.8) is 0 Å². The number of carbonyl (C=O) groups excluding carboxylic acids is 2. The zero-order valence-corrected chi connectivity index (χ0v) is 21.2. The lowest BCUT2D eigenvalue weighted by atomic mass is 9.82. The Balaban J connectivity index is 1.58. The molecule has 2 amide bonds. The number of nitrogens with one attached hydrogen (secondary N) is 2. The molecule has 0 saturated heterocycles. The zero-order valence-electron chi connectivity index (χ0n) is 21.2. The molecule has 1 aliphatic rings. The first-order valence-corrected chi connectivity index (χ1v) is 13.0. The van der Waals surface area contributed by atoms with Gasteiger partial charge < -0.3 is 20.8 Å². The molecule has 192 valence electrons. The van der Waals surface area contributed by atoms with Crippen LogP contribution in [0, 0.1) is 17.8 Å². The minimum absolute atomic E-state index is 0.153. The molecule has 0 aliphatic heterocycles. The second kappa shape index (κ2) is 13.0. The quantitative estimate of drug-likeness (QED) is 0.388. The first kappa shape index (κ1) is 27.1. The highest BCUT2D eigenvalue weighted by atomic mass is 16.3. The van der Waals surface area contributed by atoms with Crippen LogP contribution in [0.5, 0.6) is 0 Å². The Hall–Kier alpha value is -2.51. The number of hydrogen-bond donors (Lipinski definition) is 4. The van der Waals surface area contributed by atoms with Crippen LogP contribution in [-0.2, 0) is 4.79 Å². The third-order valence-corrected chi connectivity index (χ3v) is 7.01. The molecule has 0 bridgehead atoms. The molecule has 3 rings (SSSR count). The van der Waals surface area contributed by atoms with E-state index in [-0.39, 0.29) is 24.3 Å². The summed E-state index contributed by atoms with van der Waals surface area (Å²) < 4.78 is 0. The molecule has 1 aliphatic carbocycles. The van der Waals surface area contributed by atoms with E-state index in [0.29, 0.717) is 24.5 Å². The van der Waals surface area contributed by atoms with Crippen molar-refractivity contribution >= 4 is 22.7 Å². The van der Waals surface area contributed by atoms with Crippen LogP contribution < -0.4 is 10.6 Å². The van der Waals surface area contributed by atoms with E-state index in [4.69, 9.17) is 0 Å². The monoisotopic (exact) mass is 483 g/mol. The number of benzene rings is 1. The number of hydrogen-bond acceptors (Lipinski definition) is 5. The molecule has 4 atom stereocenters. The van der Waals surface area contributed by atoms with E-state index in [0.717, 1.165) is 23.7 Å². The maximum atomic E-state index is 13.0. The van der Waals surface area contributed by atoms with Crippen molar-refractivity contribution < 1.29 is 19.8 Å². The fourth-order valence-electron chi connectivity index (χ4n) is 4.90. The minimum Gasteiger partial charge on any atom is -0.390 e. The van der Waals surface area contributed by atoms with Crippen LogP contribution >= 0.6 is 0 Å². The lowest BCUT2D eigenvalue weighted by Gasteiger charge is -2.33. The molecule has 1 heterocycles. The van der Waals surface area contributed by atoms with Crippen molar-refractivity contribution in [3.05, 3.63) is 42.1 Å². The number of pyridine rings is 1. The Bertz CT molecular complexity index is 974. The average Bonchev–Trinajstić information content (AvgIpc) is 2.86. The second-order valence-electron chi connectivity index (χ2n) is 10.5. The number of amides is 2. The van der Waals surface area contributed by atoms with E-state index in [1.807, 2.05) is 44.2 Å². The zero-order chi connectivity index (χ0) is 25.4. The molecule has 35 heavy (non-hydrogen) atoms. The van der Waals surface area contributed by atoms with E-state index >= 15 is 0 Å². The Morgan fingerprint density at radius 3 is 2.46 bits per heavy atom. The van der Waals surface area contributed by atoms with Crippen molar-refractivity contribution in [2.75, 3.05) is 6.54 Å². The third-order valence-electron chi connectivity index (χ3n) is 7.01. The smallest absolute Gasteiger partial charge is 0.269 e. The molecular weight excluding hydrogens is 442 g/mol. The molecule has 1 fully saturated rings. The van der Waals surface area contributed by atoms with Crippen LogP contribution in [0.15, 0.2) is 36.4 Å². The van der Waals surface area contributed by atoms with Crippen LogP contribution in [0.4, 0.5) is 0 Å². The summed E-state index contributed by atoms with van der Waals surface area (Å²) in [5.74, 6) is -0.398. The summed E-state index contributed by atoms with van der Waals surface area (Å²) in [5.41, 5.74) is 1.05. The Morgan fingerprint density at radius 2 is 1.74 bits per heavy atom. The van der Waals surface area contributed by atoms with E-state index < -0.39 is 24.2 Å². The summed E-state index contributed by atoms with van der Waals surface area (Å²) in [7, 11) is 0. The summed E-state index contributed by atoms with van der Waals surface area (Å²) in [6.45, 7) is 5.90. The fraction of sp³-hybridized carbons (Fsp3) is 0.607. The van der Waals surface area contributed by atoms with E-state index in [9.17, 15) is 19.8 Å². The van der Waals surface area contributed by atoms with Gasteiger partial charge in [0.25, 0.3) is 5.91 Å². The number of aliphatic hydroxyl groups is 2. The summed E-state index contributed by atoms with van der Waals surface area (Å²) in [5, 5.41) is 28.2. The van der Waals surface area contributed by atoms with Gasteiger partial charge in [0.15, 0.2) is 0 Å². The molecule has 1 saturated carbocycles. The van der Waals surface area contributed by atoms with Gasteiger partial charge in [0.2, 0.25) is 5.91 Å². The molecule has 0 spiro atoms. The Labute approximate surface area is 208 Å². The topological polar surface area (TPSA) is 112 Å². The van der Waals surface area contributed by atoms with Crippen molar-refractivity contribution in [1.29, 1.82) is 0 Å². The fourth-order valence-corrected chi connectivity index (χ4v) is 4.90. The first-order valence-electron chi connectivity index (χ1n) is 13.0. The number of nitrogens with zero attached hydrogens (tertiary/aromatic N) is 1. The normalized spacial score (nSPS) is 18.1. The molecule has 1 aromatic heterocycles. The first-order chi connectivity index (χ1) is 16.7. The maximum absolute atomic E-state index is 13.0. The Kier molecular flexibility index (Phi) is 10.0. The van der Waals surface area contributed by atoms with Crippen LogP contribution in [0.1, 0.15) is 76.2 Å². The number of fused-ring (bicyclic) bond motifs is 1. The van der Waals surface area contributed by atoms with E-state index in [1.165, 1.54) is 19.3 Å². The largest absolute Gasteiger partial charge is 0.390 e. The van der Waals surface area contributed by atoms with Gasteiger partial charge in [-0.2, -0.15) is 0 Å². The lowest BCUT2D eigenvalue weighted by molar-refractivity contribution is -0.127. The van der Waals surface area contributed by atoms with Crippen LogP contribution in [0.2, 0.25) is 0 Å². The van der Waals surface area contributed by atoms with Gasteiger partial charge in [-0.1, -0.05) is 77.1 Å². The molecule has 0 radical (unpaired) electrons. The lowest BCUT2D eigenvalue weighted by Crippen LogP contribution is -2.52. The highest BCUT2D eigenvalue weighted by Crippen LogP contribution is 2.29. The number of aromatic nitrogens is 1. The third kappa shape index (κ3) is 8.00. The molecule has 7 heteroatoms. The number of para-hydroxylation sites is 1. The van der Waals surface area contributed by atoms with Gasteiger partial charge >= 0.3 is 0 Å². The van der Waals surface area contributed by atoms with Gasteiger partial charge in [0.1, 0.15) is 11.8 Å². The predicted octanol–water partition coefficient (Wildman–Crippen LogP) is 3.82. The number of carbonyl (C=O) groups is 2. The van der Waals surface area contributed by atoms with Gasteiger partial charge in [-0.05, 0) is 36.8 Å². The highest BCUT2D eigenvalue weighted by molar-refractivity contribution is 5.95. The van der Waals surface area contributed by atoms with Gasteiger partial charge in [0, 0.05) is 11.9 Å². The molecule has 2 aromatic rings. The molecule has 4 N–H and O–H groups in total. The molecule has 0 unspecified atom stereocenters. The molecular formula is C28H41N3O4. The average molecular weight is 484 g/mol. The van der Waals surface area contributed by atoms with Crippen molar-refractivity contribution in [3.8, 4) is 0 Å². The van der Waals surface area contributed by atoms with Crippen molar-refractivity contribution in [2.24, 2.45) is 17.8 Å². The van der Waals surface area contributed by atoms with Gasteiger partial charge in [-0.25, -0.2) is 4.98 Å². The molecule has 1 aromatic carbocycles. The maximum Gasteiger partial charge on any atom is 0.269 e. The van der Waals surface area contributed by atoms with Gasteiger partial charge in [0.05, 0.1) is 23.6 Å². The highest BCUT2D eigenvalue weighted by Gasteiger charge is 2.32. The van der Waals surface area contributed by atoms with Crippen molar-refractivity contribution in [1.82, 2.24) is 15.6 Å². The predicted molar refractivity (Wildman–Crippen MR) is 138 cm³/mol. The van der Waals surface area contributed by atoms with E-state index in [1.54, 1.807) is 13.0 Å². The SMILES string of the molecule is CC(C)C[C@H](O)[C@H](O)[C@H](CC1CCCCC1)NC(=O)[C@H](C)CNC(=O)c1ccc2ccccc2n1. The van der Waals surface area contributed by atoms with Gasteiger partial charge in [-0.15, -0.1) is 0 Å². The summed E-state index contributed by atoms with van der Waals surface area (Å²) in [6.07, 6.45) is 4.96. The minimum atomic E-state index is -1.02. The summed E-state index contributed by atoms with van der Waals surface area (Å²) >= 11 is 0. The number of aliphatic hydroxyl groups excluding tert-OH is 2. The van der Waals surface area contributed by atoms with Crippen LogP contribution in [0.3, 0.4) is 0 Å². The van der Waals surface area contributed by atoms with Gasteiger partial charge in [-0.3, -0.25) is 9.59 Å². The Morgan fingerprint density at radius 1 is 1.03 bits per heavy atom. The van der Waals surface area contributed by atoms with E-state index in [2.05, 4.69) is 15.6 Å². The summed E-state index contributed by atoms with van der Waals surface area (Å²) in [4.78, 5) is 30.0. The standard InChI is InChI=1S/C28H41N3O4/c1-18(2)15-25(32)26(33)24(16-20-9-5-4-6-10-20)31-27(34)19(3)17-29-28(35)23-14-13-21-11-7-8-12-22(21)30-23/h7-8,11-14,18-20,24-26,32-33H,4-6,9-10,15-17H2,1-3H3,(H,29,35)(H,31,34)/t19-,24+,25+,26-/m1/s1.